The molecular weight excluding hydrogens is 238 g/mol. The van der Waals surface area contributed by atoms with Gasteiger partial charge >= 0.3 is 0 Å². The van der Waals surface area contributed by atoms with E-state index in [4.69, 9.17) is 0 Å². The molecule has 4 heteroatoms. The van der Waals surface area contributed by atoms with Gasteiger partial charge in [0.2, 0.25) is 5.91 Å². The molecule has 0 radical (unpaired) electrons. The molecule has 2 heterocycles. The van der Waals surface area contributed by atoms with Crippen molar-refractivity contribution in [3.63, 3.8) is 0 Å². The van der Waals surface area contributed by atoms with E-state index in [2.05, 4.69) is 33.8 Å². The van der Waals surface area contributed by atoms with Crippen molar-refractivity contribution in [3.8, 4) is 0 Å². The first-order chi connectivity index (χ1) is 9.11. The van der Waals surface area contributed by atoms with Gasteiger partial charge in [-0.05, 0) is 51.9 Å². The Bertz CT molecular complexity index is 419. The fraction of sp³-hybridized carbons (Fsp3) is 0.667. The van der Waals surface area contributed by atoms with Crippen LogP contribution in [0.1, 0.15) is 31.2 Å². The van der Waals surface area contributed by atoms with E-state index in [0.29, 0.717) is 12.6 Å². The van der Waals surface area contributed by atoms with E-state index in [9.17, 15) is 4.79 Å². The van der Waals surface area contributed by atoms with Crippen molar-refractivity contribution >= 4 is 5.91 Å². The Hall–Kier alpha value is -1.29. The molecule has 1 aromatic heterocycles. The lowest BCUT2D eigenvalue weighted by Gasteiger charge is -2.23. The van der Waals surface area contributed by atoms with Crippen molar-refractivity contribution in [2.45, 2.75) is 46.2 Å². The van der Waals surface area contributed by atoms with Gasteiger partial charge < -0.3 is 9.88 Å². The largest absolute Gasteiger partial charge is 0.353 e. The SMILES string of the molecule is CCN1CCCC1CNC(=O)Cn1c(C)ccc1C. The van der Waals surface area contributed by atoms with Crippen molar-refractivity contribution in [2.24, 2.45) is 0 Å². The molecule has 1 saturated heterocycles. The second kappa shape index (κ2) is 6.24. The minimum atomic E-state index is 0.116. The molecule has 106 valence electrons. The summed E-state index contributed by atoms with van der Waals surface area (Å²) in [6.45, 7) is 9.73. The molecule has 2 rings (SSSR count). The highest BCUT2D eigenvalue weighted by atomic mass is 16.1. The van der Waals surface area contributed by atoms with E-state index in [1.807, 2.05) is 13.8 Å². The molecule has 0 bridgehead atoms. The highest BCUT2D eigenvalue weighted by Gasteiger charge is 2.23. The maximum atomic E-state index is 12.0. The lowest BCUT2D eigenvalue weighted by Crippen LogP contribution is -2.41. The van der Waals surface area contributed by atoms with Crippen LogP contribution in [0.4, 0.5) is 0 Å². The van der Waals surface area contributed by atoms with Crippen molar-refractivity contribution in [1.29, 1.82) is 0 Å². The third-order valence-corrected chi connectivity index (χ3v) is 4.16. The number of likely N-dealkylation sites (tertiary alicyclic amines) is 1. The number of carbonyl (C=O) groups is 1. The molecular formula is C15H25N3O. The third kappa shape index (κ3) is 3.38. The van der Waals surface area contributed by atoms with Crippen LogP contribution < -0.4 is 5.32 Å². The number of amides is 1. The molecule has 0 aliphatic carbocycles. The molecule has 1 aliphatic heterocycles. The Morgan fingerprint density at radius 3 is 2.68 bits per heavy atom. The van der Waals surface area contributed by atoms with E-state index in [0.717, 1.165) is 24.5 Å². The Morgan fingerprint density at radius 2 is 2.05 bits per heavy atom. The number of hydrogen-bond acceptors (Lipinski definition) is 2. The van der Waals surface area contributed by atoms with Crippen LogP contribution in [0.2, 0.25) is 0 Å². The van der Waals surface area contributed by atoms with Crippen LogP contribution in [0.5, 0.6) is 0 Å². The van der Waals surface area contributed by atoms with E-state index in [1.165, 1.54) is 19.4 Å². The van der Waals surface area contributed by atoms with Gasteiger partial charge in [0.25, 0.3) is 0 Å². The van der Waals surface area contributed by atoms with Crippen LogP contribution >= 0.6 is 0 Å². The van der Waals surface area contributed by atoms with Crippen molar-refractivity contribution in [2.75, 3.05) is 19.6 Å². The summed E-state index contributed by atoms with van der Waals surface area (Å²) in [6.07, 6.45) is 2.46. The Labute approximate surface area is 115 Å². The summed E-state index contributed by atoms with van der Waals surface area (Å²) in [7, 11) is 0. The molecule has 1 aliphatic rings. The molecule has 1 unspecified atom stereocenters. The van der Waals surface area contributed by atoms with Gasteiger partial charge in [-0.15, -0.1) is 0 Å². The summed E-state index contributed by atoms with van der Waals surface area (Å²) in [4.78, 5) is 14.5. The molecule has 1 atom stereocenters. The Morgan fingerprint density at radius 1 is 1.37 bits per heavy atom. The molecule has 0 spiro atoms. The topological polar surface area (TPSA) is 37.3 Å². The van der Waals surface area contributed by atoms with Crippen LogP contribution in [0.15, 0.2) is 12.1 Å². The van der Waals surface area contributed by atoms with Crippen LogP contribution in [0.3, 0.4) is 0 Å². The van der Waals surface area contributed by atoms with Gasteiger partial charge in [-0.1, -0.05) is 6.92 Å². The highest BCUT2D eigenvalue weighted by Crippen LogP contribution is 2.15. The normalized spacial score (nSPS) is 19.8. The first-order valence-electron chi connectivity index (χ1n) is 7.25. The smallest absolute Gasteiger partial charge is 0.239 e. The fourth-order valence-corrected chi connectivity index (χ4v) is 2.92. The fourth-order valence-electron chi connectivity index (χ4n) is 2.92. The molecule has 1 aromatic rings. The highest BCUT2D eigenvalue weighted by molar-refractivity contribution is 5.76. The maximum absolute atomic E-state index is 12.0. The van der Waals surface area contributed by atoms with Gasteiger partial charge in [0, 0.05) is 24.0 Å². The number of nitrogens with one attached hydrogen (secondary N) is 1. The summed E-state index contributed by atoms with van der Waals surface area (Å²) in [6, 6.07) is 4.64. The quantitative estimate of drug-likeness (QED) is 0.878. The van der Waals surface area contributed by atoms with Crippen molar-refractivity contribution in [3.05, 3.63) is 23.5 Å². The molecule has 0 saturated carbocycles. The molecule has 4 nitrogen and oxygen atoms in total. The molecule has 19 heavy (non-hydrogen) atoms. The summed E-state index contributed by atoms with van der Waals surface area (Å²) in [5, 5.41) is 3.08. The van der Waals surface area contributed by atoms with Crippen LogP contribution in [-0.4, -0.2) is 41.1 Å². The number of aryl methyl sites for hydroxylation is 2. The van der Waals surface area contributed by atoms with Crippen LogP contribution in [0.25, 0.3) is 0 Å². The lowest BCUT2D eigenvalue weighted by atomic mass is 10.2. The van der Waals surface area contributed by atoms with Crippen molar-refractivity contribution < 1.29 is 4.79 Å². The first-order valence-corrected chi connectivity index (χ1v) is 7.25. The van der Waals surface area contributed by atoms with E-state index >= 15 is 0 Å². The number of hydrogen-bond donors (Lipinski definition) is 1. The minimum Gasteiger partial charge on any atom is -0.353 e. The van der Waals surface area contributed by atoms with Gasteiger partial charge in [-0.2, -0.15) is 0 Å². The van der Waals surface area contributed by atoms with E-state index in [1.54, 1.807) is 0 Å². The van der Waals surface area contributed by atoms with Gasteiger partial charge in [0.05, 0.1) is 0 Å². The zero-order chi connectivity index (χ0) is 13.8. The number of likely N-dealkylation sites (N-methyl/N-ethyl adjacent to an activating group) is 1. The number of rotatable bonds is 5. The summed E-state index contributed by atoms with van der Waals surface area (Å²) < 4.78 is 2.06. The first kappa shape index (κ1) is 14.1. The second-order valence-corrected chi connectivity index (χ2v) is 5.43. The summed E-state index contributed by atoms with van der Waals surface area (Å²) in [5.41, 5.74) is 2.28. The van der Waals surface area contributed by atoms with Gasteiger partial charge in [-0.3, -0.25) is 9.69 Å². The zero-order valence-electron chi connectivity index (χ0n) is 12.3. The predicted octanol–water partition coefficient (Wildman–Crippen LogP) is 1.71. The predicted molar refractivity (Wildman–Crippen MR) is 77.2 cm³/mol. The second-order valence-electron chi connectivity index (χ2n) is 5.43. The maximum Gasteiger partial charge on any atom is 0.239 e. The minimum absolute atomic E-state index is 0.116. The third-order valence-electron chi connectivity index (χ3n) is 4.16. The molecule has 1 fully saturated rings. The average Bonchev–Trinajstić information content (AvgIpc) is 2.97. The lowest BCUT2D eigenvalue weighted by molar-refractivity contribution is -0.121. The summed E-state index contributed by atoms with van der Waals surface area (Å²) in [5.74, 6) is 0.116. The van der Waals surface area contributed by atoms with E-state index in [-0.39, 0.29) is 5.91 Å². The van der Waals surface area contributed by atoms with Crippen LogP contribution in [-0.2, 0) is 11.3 Å². The molecule has 1 amide bonds. The summed E-state index contributed by atoms with van der Waals surface area (Å²) >= 11 is 0. The standard InChI is InChI=1S/C15H25N3O/c1-4-17-9-5-6-14(17)10-16-15(19)11-18-12(2)7-8-13(18)3/h7-8,14H,4-6,9-11H2,1-3H3,(H,16,19). The number of aromatic nitrogens is 1. The monoisotopic (exact) mass is 263 g/mol. The van der Waals surface area contributed by atoms with Gasteiger partial charge in [0.15, 0.2) is 0 Å². The Kier molecular flexibility index (Phi) is 4.64. The van der Waals surface area contributed by atoms with Gasteiger partial charge in [-0.25, -0.2) is 0 Å². The van der Waals surface area contributed by atoms with E-state index < -0.39 is 0 Å². The zero-order valence-corrected chi connectivity index (χ0v) is 12.3. The number of carbonyl (C=O) groups excluding carboxylic acids is 1. The Balaban J connectivity index is 1.82. The average molecular weight is 263 g/mol. The van der Waals surface area contributed by atoms with Crippen LogP contribution in [0, 0.1) is 13.8 Å². The number of nitrogens with zero attached hydrogens (tertiary/aromatic N) is 2. The molecule has 1 N–H and O–H groups in total. The van der Waals surface area contributed by atoms with Crippen molar-refractivity contribution in [1.82, 2.24) is 14.8 Å². The van der Waals surface area contributed by atoms with Gasteiger partial charge in [0.1, 0.15) is 6.54 Å². The molecule has 0 aromatic carbocycles.